The Morgan fingerprint density at radius 1 is 1.12 bits per heavy atom. The SMILES string of the molecule is CN1CCN(c2ccccc2NC(=S)NC(=O)c2ccco2)CC1. The zero-order chi connectivity index (χ0) is 16.9. The number of anilines is 2. The van der Waals surface area contributed by atoms with Crippen molar-refractivity contribution in [1.82, 2.24) is 10.2 Å². The highest BCUT2D eigenvalue weighted by Crippen LogP contribution is 2.26. The van der Waals surface area contributed by atoms with E-state index in [-0.39, 0.29) is 16.8 Å². The van der Waals surface area contributed by atoms with Gasteiger partial charge in [0.2, 0.25) is 0 Å². The first-order valence-electron chi connectivity index (χ1n) is 7.82. The van der Waals surface area contributed by atoms with E-state index in [0.717, 1.165) is 37.6 Å². The smallest absolute Gasteiger partial charge is 0.293 e. The van der Waals surface area contributed by atoms with Crippen LogP contribution in [-0.2, 0) is 0 Å². The summed E-state index contributed by atoms with van der Waals surface area (Å²) in [5.41, 5.74) is 1.96. The third-order valence-corrected chi connectivity index (χ3v) is 4.17. The van der Waals surface area contributed by atoms with E-state index < -0.39 is 0 Å². The average molecular weight is 344 g/mol. The van der Waals surface area contributed by atoms with Gasteiger partial charge in [-0.1, -0.05) is 12.1 Å². The zero-order valence-electron chi connectivity index (χ0n) is 13.5. The van der Waals surface area contributed by atoms with Gasteiger partial charge in [0.1, 0.15) is 0 Å². The van der Waals surface area contributed by atoms with E-state index in [1.165, 1.54) is 6.26 Å². The minimum Gasteiger partial charge on any atom is -0.459 e. The highest BCUT2D eigenvalue weighted by Gasteiger charge is 2.18. The third-order valence-electron chi connectivity index (χ3n) is 3.97. The minimum absolute atomic E-state index is 0.228. The van der Waals surface area contributed by atoms with Crippen molar-refractivity contribution in [3.8, 4) is 0 Å². The summed E-state index contributed by atoms with van der Waals surface area (Å²) in [6.07, 6.45) is 1.45. The highest BCUT2D eigenvalue weighted by atomic mass is 32.1. The lowest BCUT2D eigenvalue weighted by molar-refractivity contribution is 0.0950. The van der Waals surface area contributed by atoms with Gasteiger partial charge in [0.05, 0.1) is 17.6 Å². The molecule has 0 aliphatic carbocycles. The molecule has 126 valence electrons. The van der Waals surface area contributed by atoms with Crippen LogP contribution in [0.5, 0.6) is 0 Å². The Labute approximate surface area is 146 Å². The first-order valence-corrected chi connectivity index (χ1v) is 8.22. The molecule has 24 heavy (non-hydrogen) atoms. The molecule has 0 radical (unpaired) electrons. The largest absolute Gasteiger partial charge is 0.459 e. The molecule has 2 aromatic rings. The summed E-state index contributed by atoms with van der Waals surface area (Å²) in [5, 5.41) is 5.99. The molecule has 0 unspecified atom stereocenters. The maximum Gasteiger partial charge on any atom is 0.293 e. The van der Waals surface area contributed by atoms with Crippen LogP contribution in [0.25, 0.3) is 0 Å². The molecule has 1 aliphatic heterocycles. The summed E-state index contributed by atoms with van der Waals surface area (Å²) >= 11 is 5.25. The molecule has 2 N–H and O–H groups in total. The molecule has 6 nitrogen and oxygen atoms in total. The van der Waals surface area contributed by atoms with Crippen LogP contribution in [0.2, 0.25) is 0 Å². The van der Waals surface area contributed by atoms with Crippen LogP contribution in [0.4, 0.5) is 11.4 Å². The van der Waals surface area contributed by atoms with Crippen molar-refractivity contribution in [1.29, 1.82) is 0 Å². The van der Waals surface area contributed by atoms with Crippen LogP contribution < -0.4 is 15.5 Å². The summed E-state index contributed by atoms with van der Waals surface area (Å²) in [6.45, 7) is 3.96. The molecule has 1 fully saturated rings. The van der Waals surface area contributed by atoms with E-state index in [9.17, 15) is 4.79 Å². The van der Waals surface area contributed by atoms with Crippen molar-refractivity contribution in [2.24, 2.45) is 0 Å². The first-order chi connectivity index (χ1) is 11.6. The van der Waals surface area contributed by atoms with Crippen molar-refractivity contribution in [3.05, 3.63) is 48.4 Å². The number of amides is 1. The van der Waals surface area contributed by atoms with E-state index >= 15 is 0 Å². The van der Waals surface area contributed by atoms with Gasteiger partial charge in [0.15, 0.2) is 10.9 Å². The maximum absolute atomic E-state index is 12.0. The molecular formula is C17H20N4O2S. The van der Waals surface area contributed by atoms with E-state index in [1.807, 2.05) is 18.2 Å². The second kappa shape index (κ2) is 7.46. The molecule has 7 heteroatoms. The van der Waals surface area contributed by atoms with Crippen LogP contribution >= 0.6 is 12.2 Å². The predicted octanol–water partition coefficient (Wildman–Crippen LogP) is 2.16. The molecule has 0 spiro atoms. The summed E-state index contributed by atoms with van der Waals surface area (Å²) in [7, 11) is 2.13. The molecule has 2 heterocycles. The van der Waals surface area contributed by atoms with Crippen LogP contribution in [0.1, 0.15) is 10.6 Å². The van der Waals surface area contributed by atoms with Crippen molar-refractivity contribution in [2.45, 2.75) is 0 Å². The van der Waals surface area contributed by atoms with Gasteiger partial charge in [-0.2, -0.15) is 0 Å². The Balaban J connectivity index is 1.66. The van der Waals surface area contributed by atoms with Crippen LogP contribution in [0, 0.1) is 0 Å². The fraction of sp³-hybridized carbons (Fsp3) is 0.294. The lowest BCUT2D eigenvalue weighted by Gasteiger charge is -2.35. The molecule has 0 saturated carbocycles. The van der Waals surface area contributed by atoms with Crippen LogP contribution in [0.15, 0.2) is 47.1 Å². The zero-order valence-corrected chi connectivity index (χ0v) is 14.3. The number of carbonyl (C=O) groups excluding carboxylic acids is 1. The summed E-state index contributed by atoms with van der Waals surface area (Å²) < 4.78 is 5.06. The molecule has 3 rings (SSSR count). The second-order valence-corrected chi connectivity index (χ2v) is 6.10. The summed E-state index contributed by atoms with van der Waals surface area (Å²) in [4.78, 5) is 16.6. The lowest BCUT2D eigenvalue weighted by Crippen LogP contribution is -2.45. The van der Waals surface area contributed by atoms with Crippen molar-refractivity contribution < 1.29 is 9.21 Å². The fourth-order valence-corrected chi connectivity index (χ4v) is 2.83. The molecule has 1 aromatic heterocycles. The number of piperazine rings is 1. The average Bonchev–Trinajstić information content (AvgIpc) is 3.11. The normalized spacial score (nSPS) is 15.1. The number of nitrogens with zero attached hydrogens (tertiary/aromatic N) is 2. The van der Waals surface area contributed by atoms with Crippen LogP contribution in [-0.4, -0.2) is 49.1 Å². The van der Waals surface area contributed by atoms with Gasteiger partial charge in [0, 0.05) is 26.2 Å². The number of rotatable bonds is 3. The minimum atomic E-state index is -0.366. The molecule has 1 amide bonds. The highest BCUT2D eigenvalue weighted by molar-refractivity contribution is 7.80. The third kappa shape index (κ3) is 3.93. The molecule has 1 saturated heterocycles. The van der Waals surface area contributed by atoms with Gasteiger partial charge < -0.3 is 19.5 Å². The van der Waals surface area contributed by atoms with Gasteiger partial charge in [-0.3, -0.25) is 10.1 Å². The van der Waals surface area contributed by atoms with Gasteiger partial charge in [-0.05, 0) is 43.5 Å². The number of nitrogens with one attached hydrogen (secondary N) is 2. The number of hydrogen-bond donors (Lipinski definition) is 2. The maximum atomic E-state index is 12.0. The van der Waals surface area contributed by atoms with Gasteiger partial charge >= 0.3 is 0 Å². The molecule has 0 atom stereocenters. The van der Waals surface area contributed by atoms with Crippen molar-refractivity contribution >= 4 is 34.6 Å². The monoisotopic (exact) mass is 344 g/mol. The fourth-order valence-electron chi connectivity index (χ4n) is 2.63. The molecular weight excluding hydrogens is 324 g/mol. The Morgan fingerprint density at radius 3 is 2.58 bits per heavy atom. The topological polar surface area (TPSA) is 60.8 Å². The molecule has 0 bridgehead atoms. The number of thiocarbonyl (C=S) groups is 1. The second-order valence-electron chi connectivity index (χ2n) is 5.69. The first kappa shape index (κ1) is 16.5. The van der Waals surface area contributed by atoms with Crippen molar-refractivity contribution in [2.75, 3.05) is 43.4 Å². The summed E-state index contributed by atoms with van der Waals surface area (Å²) in [6, 6.07) is 11.2. The number of likely N-dealkylation sites (N-methyl/N-ethyl adjacent to an activating group) is 1. The summed E-state index contributed by atoms with van der Waals surface area (Å²) in [5.74, 6) is -0.138. The molecule has 1 aromatic carbocycles. The lowest BCUT2D eigenvalue weighted by atomic mass is 10.2. The number of benzene rings is 1. The standard InChI is InChI=1S/C17H20N4O2S/c1-20-8-10-21(11-9-20)14-6-3-2-5-13(14)18-17(24)19-16(22)15-7-4-12-23-15/h2-7,12H,8-11H2,1H3,(H2,18,19,22,24). The van der Waals surface area contributed by atoms with E-state index in [4.69, 9.17) is 16.6 Å². The van der Waals surface area contributed by atoms with E-state index in [2.05, 4.69) is 33.5 Å². The van der Waals surface area contributed by atoms with Gasteiger partial charge in [-0.25, -0.2) is 0 Å². The number of furan rings is 1. The molecule has 1 aliphatic rings. The van der Waals surface area contributed by atoms with Crippen LogP contribution in [0.3, 0.4) is 0 Å². The van der Waals surface area contributed by atoms with Gasteiger partial charge in [0.25, 0.3) is 5.91 Å². The quantitative estimate of drug-likeness (QED) is 0.832. The Kier molecular flexibility index (Phi) is 5.12. The van der Waals surface area contributed by atoms with Crippen molar-refractivity contribution in [3.63, 3.8) is 0 Å². The Hall–Kier alpha value is -2.38. The van der Waals surface area contributed by atoms with E-state index in [0.29, 0.717) is 0 Å². The Bertz CT molecular complexity index is 709. The van der Waals surface area contributed by atoms with Gasteiger partial charge in [-0.15, -0.1) is 0 Å². The van der Waals surface area contributed by atoms with E-state index in [1.54, 1.807) is 12.1 Å². The Morgan fingerprint density at radius 2 is 1.88 bits per heavy atom. The number of hydrogen-bond acceptors (Lipinski definition) is 5. The number of carbonyl (C=O) groups is 1. The number of para-hydroxylation sites is 2. The predicted molar refractivity (Wildman–Crippen MR) is 98.5 cm³/mol.